The number of hydrogen-bond donors (Lipinski definition) is 3. The molecule has 1 aliphatic rings. The first-order chi connectivity index (χ1) is 8.72. The predicted octanol–water partition coefficient (Wildman–Crippen LogP) is 0.828. The van der Waals surface area contributed by atoms with Gasteiger partial charge in [0.1, 0.15) is 5.82 Å². The maximum atomic E-state index is 13.4. The minimum Gasteiger partial charge on any atom is -0.396 e. The minimum absolute atomic E-state index is 0.00822. The third kappa shape index (κ3) is 2.45. The number of nitrogens with two attached hydrogens (primary N) is 1. The largest absolute Gasteiger partial charge is 0.396 e. The Bertz CT molecular complexity index is 624. The Morgan fingerprint density at radius 1 is 1.47 bits per heavy atom. The summed E-state index contributed by atoms with van der Waals surface area (Å²) >= 11 is 0. The molecule has 0 bridgehead atoms. The van der Waals surface area contributed by atoms with E-state index in [9.17, 15) is 17.9 Å². The first-order valence-electron chi connectivity index (χ1n) is 5.92. The molecule has 106 valence electrons. The summed E-state index contributed by atoms with van der Waals surface area (Å²) < 4.78 is 40.6. The van der Waals surface area contributed by atoms with Crippen LogP contribution >= 0.6 is 0 Å². The molecule has 1 saturated carbocycles. The highest BCUT2D eigenvalue weighted by Gasteiger charge is 2.46. The number of hydrogen-bond acceptors (Lipinski definition) is 4. The van der Waals surface area contributed by atoms with Crippen molar-refractivity contribution in [1.29, 1.82) is 0 Å². The van der Waals surface area contributed by atoms with Crippen molar-refractivity contribution in [2.75, 3.05) is 12.3 Å². The Hall–Kier alpha value is -1.18. The lowest BCUT2D eigenvalue weighted by Crippen LogP contribution is -2.40. The second-order valence-corrected chi connectivity index (χ2v) is 6.71. The van der Waals surface area contributed by atoms with Crippen LogP contribution in [0.1, 0.15) is 24.0 Å². The van der Waals surface area contributed by atoms with Gasteiger partial charge in [0.25, 0.3) is 0 Å². The van der Waals surface area contributed by atoms with E-state index in [2.05, 4.69) is 4.72 Å². The van der Waals surface area contributed by atoms with Crippen LogP contribution in [-0.4, -0.2) is 25.7 Å². The number of aliphatic hydroxyl groups is 1. The molecule has 0 atom stereocenters. The molecule has 0 amide bonds. The molecule has 0 radical (unpaired) electrons. The maximum absolute atomic E-state index is 13.4. The van der Waals surface area contributed by atoms with Crippen LogP contribution in [-0.2, 0) is 10.0 Å². The van der Waals surface area contributed by atoms with E-state index in [0.29, 0.717) is 18.4 Å². The molecule has 0 saturated heterocycles. The maximum Gasteiger partial charge on any atom is 0.241 e. The molecule has 0 unspecified atom stereocenters. The van der Waals surface area contributed by atoms with Crippen LogP contribution in [0.4, 0.5) is 10.1 Å². The van der Waals surface area contributed by atoms with Gasteiger partial charge >= 0.3 is 0 Å². The lowest BCUT2D eigenvalue weighted by atomic mass is 10.1. The molecule has 1 fully saturated rings. The smallest absolute Gasteiger partial charge is 0.241 e. The molecule has 1 aromatic rings. The topological polar surface area (TPSA) is 92.4 Å². The van der Waals surface area contributed by atoms with Gasteiger partial charge in [0.2, 0.25) is 10.0 Å². The van der Waals surface area contributed by atoms with E-state index in [1.54, 1.807) is 0 Å². The number of benzene rings is 1. The summed E-state index contributed by atoms with van der Waals surface area (Å²) in [5, 5.41) is 9.19. The van der Waals surface area contributed by atoms with Crippen molar-refractivity contribution in [3.63, 3.8) is 0 Å². The van der Waals surface area contributed by atoms with Gasteiger partial charge in [-0.2, -0.15) is 0 Å². The van der Waals surface area contributed by atoms with Crippen LogP contribution in [0.3, 0.4) is 0 Å². The van der Waals surface area contributed by atoms with Crippen molar-refractivity contribution in [2.24, 2.45) is 0 Å². The van der Waals surface area contributed by atoms with Crippen molar-refractivity contribution in [3.05, 3.63) is 23.0 Å². The molecular formula is C12H17FN2O3S. The molecule has 1 aliphatic carbocycles. The molecule has 5 nitrogen and oxygen atoms in total. The highest BCUT2D eigenvalue weighted by molar-refractivity contribution is 7.89. The lowest BCUT2D eigenvalue weighted by Gasteiger charge is -2.18. The Kier molecular flexibility index (Phi) is 3.32. The minimum atomic E-state index is -3.82. The quantitative estimate of drug-likeness (QED) is 0.715. The number of nitrogen functional groups attached to an aromatic ring is 1. The summed E-state index contributed by atoms with van der Waals surface area (Å²) in [6.45, 7) is 2.74. The Balaban J connectivity index is 2.50. The Morgan fingerprint density at radius 2 is 2.05 bits per heavy atom. The number of nitrogens with one attached hydrogen (secondary N) is 1. The van der Waals surface area contributed by atoms with E-state index in [1.807, 2.05) is 0 Å². The molecule has 0 aliphatic heterocycles. The highest BCUT2D eigenvalue weighted by Crippen LogP contribution is 2.37. The molecule has 0 spiro atoms. The molecule has 0 aromatic heterocycles. The number of aliphatic hydroxyl groups excluding tert-OH is 1. The van der Waals surface area contributed by atoms with Crippen LogP contribution < -0.4 is 10.5 Å². The fraction of sp³-hybridized carbons (Fsp3) is 0.500. The molecule has 19 heavy (non-hydrogen) atoms. The molecule has 0 heterocycles. The number of rotatable bonds is 4. The van der Waals surface area contributed by atoms with Crippen LogP contribution in [0.5, 0.6) is 0 Å². The summed E-state index contributed by atoms with van der Waals surface area (Å²) in [7, 11) is -3.82. The number of halogens is 1. The van der Waals surface area contributed by atoms with E-state index in [4.69, 9.17) is 5.73 Å². The first-order valence-corrected chi connectivity index (χ1v) is 7.41. The molecule has 1 aromatic carbocycles. The number of aryl methyl sites for hydroxylation is 1. The van der Waals surface area contributed by atoms with Gasteiger partial charge in [-0.15, -0.1) is 0 Å². The molecule has 2 rings (SSSR count). The van der Waals surface area contributed by atoms with E-state index < -0.39 is 21.4 Å². The predicted molar refractivity (Wildman–Crippen MR) is 69.7 cm³/mol. The molecular weight excluding hydrogens is 271 g/mol. The van der Waals surface area contributed by atoms with Crippen molar-refractivity contribution in [2.45, 2.75) is 37.1 Å². The third-order valence-corrected chi connectivity index (χ3v) is 5.35. The zero-order valence-corrected chi connectivity index (χ0v) is 11.6. The van der Waals surface area contributed by atoms with Crippen molar-refractivity contribution in [3.8, 4) is 0 Å². The fourth-order valence-electron chi connectivity index (χ4n) is 2.12. The zero-order chi connectivity index (χ0) is 14.4. The Labute approximate surface area is 111 Å². The summed E-state index contributed by atoms with van der Waals surface area (Å²) in [6.07, 6.45) is 1.19. The van der Waals surface area contributed by atoms with Gasteiger partial charge < -0.3 is 10.8 Å². The summed E-state index contributed by atoms with van der Waals surface area (Å²) in [6, 6.07) is 1.11. The van der Waals surface area contributed by atoms with Gasteiger partial charge in [0, 0.05) is 0 Å². The Morgan fingerprint density at radius 3 is 2.53 bits per heavy atom. The molecule has 4 N–H and O–H groups in total. The van der Waals surface area contributed by atoms with Gasteiger partial charge in [-0.3, -0.25) is 0 Å². The van der Waals surface area contributed by atoms with Crippen molar-refractivity contribution >= 4 is 15.7 Å². The second-order valence-electron chi connectivity index (χ2n) is 5.09. The summed E-state index contributed by atoms with van der Waals surface area (Å²) in [5.74, 6) is -0.628. The zero-order valence-electron chi connectivity index (χ0n) is 10.8. The lowest BCUT2D eigenvalue weighted by molar-refractivity contribution is 0.246. The third-order valence-electron chi connectivity index (χ3n) is 3.48. The van der Waals surface area contributed by atoms with Gasteiger partial charge in [0.15, 0.2) is 0 Å². The fourth-order valence-corrected chi connectivity index (χ4v) is 4.06. The van der Waals surface area contributed by atoms with Crippen LogP contribution in [0.25, 0.3) is 0 Å². The number of anilines is 1. The average Bonchev–Trinajstić information content (AvgIpc) is 3.05. The molecule has 7 heteroatoms. The first kappa shape index (κ1) is 14.2. The van der Waals surface area contributed by atoms with E-state index in [0.717, 1.165) is 6.07 Å². The SMILES string of the molecule is Cc1cc(F)c(N)c(C)c1S(=O)(=O)NC1(CO)CC1. The monoisotopic (exact) mass is 288 g/mol. The highest BCUT2D eigenvalue weighted by atomic mass is 32.2. The van der Waals surface area contributed by atoms with Gasteiger partial charge in [0.05, 0.1) is 22.7 Å². The number of sulfonamides is 1. The van der Waals surface area contributed by atoms with Crippen molar-refractivity contribution in [1.82, 2.24) is 4.72 Å². The van der Waals surface area contributed by atoms with E-state index in [1.165, 1.54) is 13.8 Å². The standard InChI is InChI=1S/C12H17FN2O3S/c1-7-5-9(13)10(14)8(2)11(7)19(17,18)15-12(6-16)3-4-12/h5,15-16H,3-4,6,14H2,1-2H3. The van der Waals surface area contributed by atoms with E-state index >= 15 is 0 Å². The van der Waals surface area contributed by atoms with E-state index in [-0.39, 0.29) is 22.8 Å². The average molecular weight is 288 g/mol. The van der Waals surface area contributed by atoms with Crippen LogP contribution in [0.15, 0.2) is 11.0 Å². The van der Waals surface area contributed by atoms with Gasteiger partial charge in [-0.25, -0.2) is 17.5 Å². The summed E-state index contributed by atoms with van der Waals surface area (Å²) in [5.41, 5.74) is 5.10. The van der Waals surface area contributed by atoms with Gasteiger partial charge in [-0.1, -0.05) is 0 Å². The van der Waals surface area contributed by atoms with Crippen LogP contribution in [0, 0.1) is 19.7 Å². The van der Waals surface area contributed by atoms with Gasteiger partial charge in [-0.05, 0) is 43.9 Å². The van der Waals surface area contributed by atoms with Crippen LogP contribution in [0.2, 0.25) is 0 Å². The van der Waals surface area contributed by atoms with Crippen molar-refractivity contribution < 1.29 is 17.9 Å². The normalized spacial score (nSPS) is 17.5. The summed E-state index contributed by atoms with van der Waals surface area (Å²) in [4.78, 5) is -0.00822. The second kappa shape index (κ2) is 4.43.